The molecule has 1 saturated heterocycles. The number of nitrogens with one attached hydrogen (secondary N) is 2. The van der Waals surface area contributed by atoms with Gasteiger partial charge in [-0.15, -0.1) is 0 Å². The summed E-state index contributed by atoms with van der Waals surface area (Å²) < 4.78 is 36.2. The summed E-state index contributed by atoms with van der Waals surface area (Å²) in [6.07, 6.45) is -16.9. The number of aliphatic hydroxyl groups is 8. The fraction of sp³-hybridized carbons (Fsp3) is 0.623. The number of carbonyl (C=O) groups is 2. The van der Waals surface area contributed by atoms with Crippen LogP contribution in [0.5, 0.6) is 5.75 Å². The normalized spacial score (nSPS) is 22.3. The van der Waals surface area contributed by atoms with Crippen LogP contribution in [-0.4, -0.2) is 141 Å². The van der Waals surface area contributed by atoms with Gasteiger partial charge in [-0.3, -0.25) is 9.59 Å². The fourth-order valence-corrected chi connectivity index (χ4v) is 8.15. The highest BCUT2D eigenvalue weighted by Crippen LogP contribution is 2.35. The van der Waals surface area contributed by atoms with Crippen LogP contribution in [0.25, 0.3) is 0 Å². The minimum absolute atomic E-state index is 0.0743. The molecule has 2 heterocycles. The Balaban J connectivity index is 1.27. The second kappa shape index (κ2) is 25.2. The van der Waals surface area contributed by atoms with Gasteiger partial charge in [-0.05, 0) is 73.7 Å². The van der Waals surface area contributed by atoms with Gasteiger partial charge in [0, 0.05) is 24.2 Å². The van der Waals surface area contributed by atoms with Gasteiger partial charge in [-0.2, -0.15) is 0 Å². The first-order chi connectivity index (χ1) is 33.3. The number of hydrogen-bond donors (Lipinski definition) is 10. The lowest BCUT2D eigenvalue weighted by molar-refractivity contribution is -0.326. The maximum absolute atomic E-state index is 13.3. The Morgan fingerprint density at radius 3 is 1.54 bits per heavy atom. The monoisotopic (exact) mass is 999 g/mol. The Bertz CT molecular complexity index is 2120. The molecular formula is C53H78N2O16. The third kappa shape index (κ3) is 16.2. The Morgan fingerprint density at radius 1 is 0.634 bits per heavy atom. The highest BCUT2D eigenvalue weighted by Gasteiger charge is 2.47. The quantitative estimate of drug-likeness (QED) is 0.0979. The van der Waals surface area contributed by atoms with Crippen LogP contribution in [0.3, 0.4) is 0 Å². The smallest absolute Gasteiger partial charge is 0.257 e. The van der Waals surface area contributed by atoms with Crippen LogP contribution < -0.4 is 15.4 Å². The van der Waals surface area contributed by atoms with Gasteiger partial charge >= 0.3 is 0 Å². The zero-order valence-electron chi connectivity index (χ0n) is 42.6. The lowest BCUT2D eigenvalue weighted by Gasteiger charge is -2.42. The average Bonchev–Trinajstić information content (AvgIpc) is 3.30. The van der Waals surface area contributed by atoms with Crippen molar-refractivity contribution in [3.05, 3.63) is 98.6 Å². The summed E-state index contributed by atoms with van der Waals surface area (Å²) in [5.74, 6) is -1.08. The van der Waals surface area contributed by atoms with Crippen molar-refractivity contribution in [3.8, 4) is 5.75 Å². The summed E-state index contributed by atoms with van der Waals surface area (Å²) in [6, 6.07) is 17.0. The van der Waals surface area contributed by atoms with E-state index in [9.17, 15) is 50.4 Å². The molecule has 6 bridgehead atoms. The number of amides is 2. The molecule has 0 unspecified atom stereocenters. The lowest BCUT2D eigenvalue weighted by Crippen LogP contribution is -2.62. The zero-order valence-corrected chi connectivity index (χ0v) is 42.6. The molecule has 71 heavy (non-hydrogen) atoms. The molecule has 1 fully saturated rings. The summed E-state index contributed by atoms with van der Waals surface area (Å²) in [6.45, 7) is 19.1. The van der Waals surface area contributed by atoms with Crippen LogP contribution >= 0.6 is 0 Å². The first-order valence-corrected chi connectivity index (χ1v) is 24.2. The fourth-order valence-electron chi connectivity index (χ4n) is 8.15. The summed E-state index contributed by atoms with van der Waals surface area (Å²) >= 11 is 0. The van der Waals surface area contributed by atoms with Crippen molar-refractivity contribution in [1.29, 1.82) is 0 Å². The predicted octanol–water partition coefficient (Wildman–Crippen LogP) is 2.30. The van der Waals surface area contributed by atoms with E-state index in [1.807, 2.05) is 12.1 Å². The van der Waals surface area contributed by atoms with Crippen molar-refractivity contribution in [2.75, 3.05) is 32.9 Å². The summed E-state index contributed by atoms with van der Waals surface area (Å²) in [4.78, 5) is 26.2. The Labute approximate surface area is 417 Å². The molecule has 18 nitrogen and oxygen atoms in total. The first kappa shape index (κ1) is 57.8. The number of carbonyl (C=O) groups excluding carboxylic acids is 2. The molecular weight excluding hydrogens is 921 g/mol. The van der Waals surface area contributed by atoms with Gasteiger partial charge in [0.1, 0.15) is 48.5 Å². The number of benzene rings is 3. The molecule has 0 aliphatic carbocycles. The van der Waals surface area contributed by atoms with Crippen LogP contribution in [0.1, 0.15) is 119 Å². The Kier molecular flexibility index (Phi) is 20.5. The van der Waals surface area contributed by atoms with Gasteiger partial charge in [0.2, 0.25) is 0 Å². The van der Waals surface area contributed by atoms with E-state index in [4.69, 9.17) is 28.4 Å². The van der Waals surface area contributed by atoms with Crippen molar-refractivity contribution in [2.24, 2.45) is 0 Å². The number of rotatable bonds is 15. The van der Waals surface area contributed by atoms with E-state index in [1.54, 1.807) is 0 Å². The van der Waals surface area contributed by atoms with Crippen LogP contribution in [0.4, 0.5) is 0 Å². The molecule has 9 atom stereocenters. The minimum Gasteiger partial charge on any atom is -0.483 e. The van der Waals surface area contributed by atoms with Crippen molar-refractivity contribution < 1.29 is 78.9 Å². The van der Waals surface area contributed by atoms with E-state index in [0.29, 0.717) is 32.2 Å². The number of fused-ring (bicyclic) bond motifs is 6. The average molecular weight is 999 g/mol. The molecule has 18 heteroatoms. The molecule has 5 rings (SSSR count). The summed E-state index contributed by atoms with van der Waals surface area (Å²) in [5, 5.41) is 86.7. The van der Waals surface area contributed by atoms with Gasteiger partial charge < -0.3 is 79.9 Å². The first-order valence-electron chi connectivity index (χ1n) is 24.2. The van der Waals surface area contributed by atoms with Crippen LogP contribution in [0, 0.1) is 0 Å². The maximum atomic E-state index is 13.3. The summed E-state index contributed by atoms with van der Waals surface area (Å²) in [7, 11) is 0. The number of ether oxygens (including phenoxy) is 6. The predicted molar refractivity (Wildman–Crippen MR) is 261 cm³/mol. The topological polar surface area (TPSA) is 275 Å². The molecule has 3 aromatic carbocycles. The molecule has 0 radical (unpaired) electrons. The highest BCUT2D eigenvalue weighted by molar-refractivity contribution is 5.81. The minimum atomic E-state index is -2.23. The standard InChI is InChI=1S/C53H78N2O16/c1-51(2,3)36-15-30-13-32(17-36)25-67-27-34-19-38(53(7,8)9)20-35(28-68-26-33-14-31(24-66-23-30)16-37(18-33)52(4,5)6)47(34)69-29-41(59)54-11-10-12-55-49(65)45(63)44(62)48(39(58)21-56)71-50-46(64)43(61)42(60)40(22-57)70-50/h13-20,39-40,42-46,48,50,56-58,60-64H,10-12,21-29H2,1-9H3,(H,54,59)(H,55,65)/t39-,40-,42-,43+,44-,45-,46-,48+,50-/m1/s1. The summed E-state index contributed by atoms with van der Waals surface area (Å²) in [5.41, 5.74) is 8.45. The molecule has 3 aromatic rings. The number of aliphatic hydroxyl groups excluding tert-OH is 8. The van der Waals surface area contributed by atoms with Gasteiger partial charge in [-0.25, -0.2) is 0 Å². The van der Waals surface area contributed by atoms with Crippen molar-refractivity contribution in [2.45, 2.75) is 180 Å². The van der Waals surface area contributed by atoms with E-state index >= 15 is 0 Å². The van der Waals surface area contributed by atoms with E-state index in [1.165, 1.54) is 0 Å². The van der Waals surface area contributed by atoms with Gasteiger partial charge in [0.05, 0.1) is 52.9 Å². The second-order valence-corrected chi connectivity index (χ2v) is 21.7. The Hall–Kier alpha value is -4.12. The SMILES string of the molecule is CC(C)(C)c1cc2cc(c1)COCc1cc(C(C)(C)C)cc(c1OCC(=O)NCCCNC(=O)[C@H](O)[C@@H](O)[C@@H](O[C@H]1O[C@H](CO)[C@@H](O)[C@H](O)[C@H]1O)[C@H](O)CO)COCc1cc(cc(C(C)(C)C)c1)COC2. The molecule has 2 aliphatic heterocycles. The van der Waals surface area contributed by atoms with E-state index in [-0.39, 0.29) is 55.6 Å². The third-order valence-electron chi connectivity index (χ3n) is 12.5. The molecule has 2 aliphatic rings. The van der Waals surface area contributed by atoms with Gasteiger partial charge in [-0.1, -0.05) is 98.7 Å². The molecule has 2 amide bonds. The molecule has 0 spiro atoms. The zero-order chi connectivity index (χ0) is 52.4. The van der Waals surface area contributed by atoms with Crippen LogP contribution in [0.15, 0.2) is 48.5 Å². The molecule has 10 N–H and O–H groups in total. The van der Waals surface area contributed by atoms with E-state index < -0.39 is 80.1 Å². The maximum Gasteiger partial charge on any atom is 0.257 e. The third-order valence-corrected chi connectivity index (χ3v) is 12.5. The molecule has 0 aromatic heterocycles. The highest BCUT2D eigenvalue weighted by atomic mass is 16.7. The van der Waals surface area contributed by atoms with Gasteiger partial charge in [0.25, 0.3) is 11.8 Å². The Morgan fingerprint density at radius 2 is 1.08 bits per heavy atom. The largest absolute Gasteiger partial charge is 0.483 e. The molecule has 0 saturated carbocycles. The van der Waals surface area contributed by atoms with E-state index in [0.717, 1.165) is 50.1 Å². The van der Waals surface area contributed by atoms with Crippen molar-refractivity contribution in [1.82, 2.24) is 10.6 Å². The van der Waals surface area contributed by atoms with Crippen molar-refractivity contribution >= 4 is 11.8 Å². The van der Waals surface area contributed by atoms with Crippen LogP contribution in [0.2, 0.25) is 0 Å². The van der Waals surface area contributed by atoms with Crippen LogP contribution in [-0.2, 0) is 89.2 Å². The second-order valence-electron chi connectivity index (χ2n) is 21.7. The number of hydrogen-bond acceptors (Lipinski definition) is 16. The molecule has 396 valence electrons. The lowest BCUT2D eigenvalue weighted by atomic mass is 9.84. The van der Waals surface area contributed by atoms with Crippen molar-refractivity contribution in [3.63, 3.8) is 0 Å². The van der Waals surface area contributed by atoms with Gasteiger partial charge in [0.15, 0.2) is 19.0 Å². The van der Waals surface area contributed by atoms with E-state index in [2.05, 4.69) is 109 Å².